The summed E-state index contributed by atoms with van der Waals surface area (Å²) in [6, 6.07) is 4.97. The van der Waals surface area contributed by atoms with Gasteiger partial charge in [-0.15, -0.1) is 10.2 Å². The predicted molar refractivity (Wildman–Crippen MR) is 103 cm³/mol. The monoisotopic (exact) mass is 392 g/mol. The van der Waals surface area contributed by atoms with Crippen molar-refractivity contribution in [2.24, 2.45) is 11.7 Å². The number of primary amides is 1. The molecule has 146 valence electrons. The van der Waals surface area contributed by atoms with Gasteiger partial charge in [-0.3, -0.25) is 10.1 Å². The fourth-order valence-corrected chi connectivity index (χ4v) is 3.36. The Bertz CT molecular complexity index is 836. The van der Waals surface area contributed by atoms with Crippen molar-refractivity contribution < 1.29 is 14.3 Å². The summed E-state index contributed by atoms with van der Waals surface area (Å²) in [7, 11) is 0. The van der Waals surface area contributed by atoms with Crippen molar-refractivity contribution in [3.63, 3.8) is 0 Å². The lowest BCUT2D eigenvalue weighted by Crippen LogP contribution is -2.42. The number of hydrogen-bond acceptors (Lipinski definition) is 7. The lowest BCUT2D eigenvalue weighted by Gasteiger charge is -2.18. The van der Waals surface area contributed by atoms with Gasteiger partial charge in [-0.2, -0.15) is 0 Å². The van der Waals surface area contributed by atoms with E-state index in [1.807, 2.05) is 45.9 Å². The molecule has 0 saturated heterocycles. The first-order chi connectivity index (χ1) is 12.7. The maximum Gasteiger partial charge on any atom is 0.318 e. The van der Waals surface area contributed by atoms with Crippen LogP contribution in [0, 0.1) is 19.8 Å². The smallest absolute Gasteiger partial charge is 0.318 e. The third-order valence-electron chi connectivity index (χ3n) is 3.77. The maximum absolute atomic E-state index is 12.1. The Labute approximate surface area is 161 Å². The van der Waals surface area contributed by atoms with Crippen LogP contribution in [0.25, 0.3) is 0 Å². The molecule has 0 bridgehead atoms. The largest absolute Gasteiger partial charge is 0.485 e. The highest BCUT2D eigenvalue weighted by Gasteiger charge is 2.27. The minimum Gasteiger partial charge on any atom is -0.485 e. The number of amides is 3. The zero-order valence-electron chi connectivity index (χ0n) is 15.7. The molecule has 0 aliphatic heterocycles. The third-order valence-corrected chi connectivity index (χ3v) is 5.27. The van der Waals surface area contributed by atoms with Crippen LogP contribution in [0.5, 0.6) is 5.75 Å². The summed E-state index contributed by atoms with van der Waals surface area (Å²) in [5.74, 6) is 6.61. The standard InChI is InChI=1S/C17H24N6O3S/c1-9(2)14(15(24)20-16(18)25)27-17-22-21-13(23(17)19)8-26-12-6-5-10(3)7-11(12)4/h5-7,9,14H,8,19H2,1-4H3,(H3,18,20,24,25). The van der Waals surface area contributed by atoms with Crippen molar-refractivity contribution in [1.82, 2.24) is 20.2 Å². The number of urea groups is 1. The van der Waals surface area contributed by atoms with E-state index in [0.29, 0.717) is 11.0 Å². The van der Waals surface area contributed by atoms with Gasteiger partial charge in [-0.1, -0.05) is 43.3 Å². The molecule has 1 unspecified atom stereocenters. The first-order valence-corrected chi connectivity index (χ1v) is 9.23. The van der Waals surface area contributed by atoms with E-state index in [4.69, 9.17) is 16.3 Å². The van der Waals surface area contributed by atoms with Crippen LogP contribution in [0.4, 0.5) is 4.79 Å². The SMILES string of the molecule is Cc1ccc(OCc2nnc(SC(C(=O)NC(N)=O)C(C)C)n2N)c(C)c1. The average molecular weight is 392 g/mol. The number of rotatable bonds is 7. The number of thioether (sulfide) groups is 1. The van der Waals surface area contributed by atoms with Crippen LogP contribution >= 0.6 is 11.8 Å². The van der Waals surface area contributed by atoms with Gasteiger partial charge in [0, 0.05) is 0 Å². The van der Waals surface area contributed by atoms with E-state index in [1.54, 1.807) is 0 Å². The number of nitrogens with zero attached hydrogens (tertiary/aromatic N) is 3. The van der Waals surface area contributed by atoms with Crippen molar-refractivity contribution in [2.75, 3.05) is 5.84 Å². The van der Waals surface area contributed by atoms with Crippen LogP contribution in [0.2, 0.25) is 0 Å². The number of nitrogen functional groups attached to an aromatic ring is 1. The van der Waals surface area contributed by atoms with Crippen molar-refractivity contribution in [2.45, 2.75) is 44.7 Å². The minimum atomic E-state index is -0.900. The first kappa shape index (κ1) is 20.6. The van der Waals surface area contributed by atoms with E-state index < -0.39 is 17.2 Å². The van der Waals surface area contributed by atoms with E-state index in [1.165, 1.54) is 4.68 Å². The van der Waals surface area contributed by atoms with E-state index in [9.17, 15) is 9.59 Å². The molecule has 0 aliphatic carbocycles. The Hall–Kier alpha value is -2.75. The maximum atomic E-state index is 12.1. The highest BCUT2D eigenvalue weighted by molar-refractivity contribution is 8.00. The molecule has 0 spiro atoms. The highest BCUT2D eigenvalue weighted by atomic mass is 32.2. The quantitative estimate of drug-likeness (QED) is 0.479. The molecule has 2 rings (SSSR count). The van der Waals surface area contributed by atoms with Crippen molar-refractivity contribution in [1.29, 1.82) is 0 Å². The molecule has 0 aliphatic rings. The van der Waals surface area contributed by atoms with Gasteiger partial charge < -0.3 is 16.3 Å². The Morgan fingerprint density at radius 1 is 1.30 bits per heavy atom. The topological polar surface area (TPSA) is 138 Å². The summed E-state index contributed by atoms with van der Waals surface area (Å²) in [6.45, 7) is 7.80. The molecule has 2 aromatic rings. The first-order valence-electron chi connectivity index (χ1n) is 8.35. The number of carbonyl (C=O) groups is 2. The summed E-state index contributed by atoms with van der Waals surface area (Å²) in [5, 5.41) is 9.88. The molecule has 1 heterocycles. The number of benzene rings is 1. The number of imide groups is 1. The summed E-state index contributed by atoms with van der Waals surface area (Å²) < 4.78 is 7.05. The zero-order valence-corrected chi connectivity index (χ0v) is 16.5. The van der Waals surface area contributed by atoms with Gasteiger partial charge >= 0.3 is 6.03 Å². The van der Waals surface area contributed by atoms with E-state index >= 15 is 0 Å². The summed E-state index contributed by atoms with van der Waals surface area (Å²) >= 11 is 1.11. The molecule has 5 N–H and O–H groups in total. The number of nitrogens with two attached hydrogens (primary N) is 2. The molecule has 9 nitrogen and oxygen atoms in total. The minimum absolute atomic E-state index is 0.0824. The van der Waals surface area contributed by atoms with Gasteiger partial charge in [0.1, 0.15) is 12.4 Å². The van der Waals surface area contributed by atoms with Crippen LogP contribution in [0.1, 0.15) is 30.8 Å². The fraction of sp³-hybridized carbons (Fsp3) is 0.412. The summed E-state index contributed by atoms with van der Waals surface area (Å²) in [4.78, 5) is 23.1. The van der Waals surface area contributed by atoms with Gasteiger partial charge in [0.05, 0.1) is 5.25 Å². The second-order valence-corrected chi connectivity index (χ2v) is 7.57. The number of carbonyl (C=O) groups excluding carboxylic acids is 2. The Kier molecular flexibility index (Phi) is 6.67. The number of aryl methyl sites for hydroxylation is 2. The van der Waals surface area contributed by atoms with Crippen LogP contribution < -0.4 is 21.6 Å². The van der Waals surface area contributed by atoms with Crippen molar-refractivity contribution >= 4 is 23.7 Å². The lowest BCUT2D eigenvalue weighted by molar-refractivity contribution is -0.120. The molecular formula is C17H24N6O3S. The van der Waals surface area contributed by atoms with Crippen molar-refractivity contribution in [3.8, 4) is 5.75 Å². The normalized spacial score (nSPS) is 12.0. The third kappa shape index (κ3) is 5.36. The lowest BCUT2D eigenvalue weighted by atomic mass is 10.1. The molecule has 0 radical (unpaired) electrons. The van der Waals surface area contributed by atoms with Gasteiger partial charge in [0.2, 0.25) is 11.1 Å². The predicted octanol–water partition coefficient (Wildman–Crippen LogP) is 1.50. The molecule has 0 fully saturated rings. The van der Waals surface area contributed by atoms with E-state index in [0.717, 1.165) is 28.6 Å². The Morgan fingerprint density at radius 3 is 2.59 bits per heavy atom. The summed E-state index contributed by atoms with van der Waals surface area (Å²) in [5.41, 5.74) is 7.18. The van der Waals surface area contributed by atoms with Crippen molar-refractivity contribution in [3.05, 3.63) is 35.2 Å². The Morgan fingerprint density at radius 2 is 2.00 bits per heavy atom. The zero-order chi connectivity index (χ0) is 20.1. The molecule has 1 aromatic carbocycles. The van der Waals surface area contributed by atoms with Gasteiger partial charge in [0.25, 0.3) is 0 Å². The molecule has 0 saturated carbocycles. The second-order valence-electron chi connectivity index (χ2n) is 6.46. The number of aromatic nitrogens is 3. The van der Waals surface area contributed by atoms with Gasteiger partial charge in [-0.25, -0.2) is 9.47 Å². The molecule has 1 atom stereocenters. The number of nitrogens with one attached hydrogen (secondary N) is 1. The highest BCUT2D eigenvalue weighted by Crippen LogP contribution is 2.27. The molecule has 3 amide bonds. The average Bonchev–Trinajstić information content (AvgIpc) is 2.91. The van der Waals surface area contributed by atoms with Gasteiger partial charge in [-0.05, 0) is 31.4 Å². The summed E-state index contributed by atoms with van der Waals surface area (Å²) in [6.07, 6.45) is 0. The van der Waals surface area contributed by atoms with Crippen LogP contribution in [-0.2, 0) is 11.4 Å². The molecular weight excluding hydrogens is 368 g/mol. The van der Waals surface area contributed by atoms with Crippen LogP contribution in [-0.4, -0.2) is 32.1 Å². The van der Waals surface area contributed by atoms with E-state index in [2.05, 4.69) is 15.5 Å². The van der Waals surface area contributed by atoms with E-state index in [-0.39, 0.29) is 12.5 Å². The Balaban J connectivity index is 2.09. The number of ether oxygens (including phenoxy) is 1. The van der Waals surface area contributed by atoms with Crippen LogP contribution in [0.3, 0.4) is 0 Å². The second kappa shape index (κ2) is 8.76. The van der Waals surface area contributed by atoms with Gasteiger partial charge in [0.15, 0.2) is 5.82 Å². The van der Waals surface area contributed by atoms with Crippen LogP contribution in [0.15, 0.2) is 23.4 Å². The number of hydrogen-bond donors (Lipinski definition) is 3. The molecule has 1 aromatic heterocycles. The molecule has 10 heteroatoms. The molecule has 27 heavy (non-hydrogen) atoms. The fourth-order valence-electron chi connectivity index (χ4n) is 2.39.